The van der Waals surface area contributed by atoms with Crippen LogP contribution in [0.3, 0.4) is 0 Å². The molecule has 0 saturated heterocycles. The minimum absolute atomic E-state index is 0.305. The summed E-state index contributed by atoms with van der Waals surface area (Å²) in [5, 5.41) is 8.41. The predicted molar refractivity (Wildman–Crippen MR) is 44.4 cm³/mol. The van der Waals surface area contributed by atoms with E-state index in [9.17, 15) is 8.78 Å². The Morgan fingerprint density at radius 2 is 2.31 bits per heavy atom. The Labute approximate surface area is 74.8 Å². The zero-order valence-corrected chi connectivity index (χ0v) is 7.24. The number of halogens is 2. The maximum Gasteiger partial charge on any atom is 0.290 e. The molecule has 1 aromatic heterocycles. The molecule has 3 N–H and O–H groups in total. The number of hydrogen-bond donors (Lipinski definition) is 2. The van der Waals surface area contributed by atoms with E-state index >= 15 is 0 Å². The van der Waals surface area contributed by atoms with Gasteiger partial charge in [0.15, 0.2) is 0 Å². The largest absolute Gasteiger partial charge is 0.390 e. The Hall–Kier alpha value is -0.940. The molecule has 0 fully saturated rings. The highest BCUT2D eigenvalue weighted by Gasteiger charge is 2.38. The second-order valence-corrected chi connectivity index (χ2v) is 2.94. The second kappa shape index (κ2) is 3.43. The topological polar surface area (TPSA) is 51.2 Å². The first kappa shape index (κ1) is 10.1. The van der Waals surface area contributed by atoms with Crippen LogP contribution in [0.4, 0.5) is 8.78 Å². The molecule has 1 atom stereocenters. The summed E-state index contributed by atoms with van der Waals surface area (Å²) < 4.78 is 27.3. The van der Waals surface area contributed by atoms with Crippen LogP contribution in [0, 0.1) is 0 Å². The van der Waals surface area contributed by atoms with Crippen LogP contribution in [0.5, 0.6) is 0 Å². The van der Waals surface area contributed by atoms with Gasteiger partial charge in [-0.3, -0.25) is 0 Å². The highest BCUT2D eigenvalue weighted by Crippen LogP contribution is 2.28. The molecule has 0 spiro atoms. The van der Waals surface area contributed by atoms with E-state index in [0.29, 0.717) is 5.69 Å². The summed E-state index contributed by atoms with van der Waals surface area (Å²) >= 11 is 0. The molecule has 1 unspecified atom stereocenters. The zero-order valence-electron chi connectivity index (χ0n) is 7.24. The number of nitrogens with zero attached hydrogens (tertiary/aromatic N) is 1. The van der Waals surface area contributed by atoms with E-state index in [1.807, 2.05) is 0 Å². The standard InChI is InChI=1S/C8H12F2N2O/c1-12-4-2-3-6(12)7(11)8(9,10)5-13/h2-4,7,13H,5,11H2,1H3. The van der Waals surface area contributed by atoms with Crippen molar-refractivity contribution in [2.75, 3.05) is 6.61 Å². The molecule has 1 heterocycles. The van der Waals surface area contributed by atoms with Crippen LogP contribution in [0.2, 0.25) is 0 Å². The molecule has 0 aliphatic heterocycles. The SMILES string of the molecule is Cn1cccc1C(N)C(F)(F)CO. The van der Waals surface area contributed by atoms with Crippen molar-refractivity contribution in [1.82, 2.24) is 4.57 Å². The van der Waals surface area contributed by atoms with E-state index in [-0.39, 0.29) is 0 Å². The first-order chi connectivity index (χ1) is 5.99. The van der Waals surface area contributed by atoms with E-state index in [0.717, 1.165) is 0 Å². The van der Waals surface area contributed by atoms with Crippen LogP contribution >= 0.6 is 0 Å². The molecule has 0 aliphatic carbocycles. The third-order valence-electron chi connectivity index (χ3n) is 1.97. The maximum absolute atomic E-state index is 12.9. The van der Waals surface area contributed by atoms with E-state index in [1.165, 1.54) is 10.6 Å². The van der Waals surface area contributed by atoms with E-state index < -0.39 is 18.6 Å². The fourth-order valence-corrected chi connectivity index (χ4v) is 1.11. The van der Waals surface area contributed by atoms with Gasteiger partial charge in [0.1, 0.15) is 12.6 Å². The van der Waals surface area contributed by atoms with Crippen molar-refractivity contribution in [3.8, 4) is 0 Å². The Bertz CT molecular complexity index is 285. The van der Waals surface area contributed by atoms with Crippen LogP contribution in [-0.2, 0) is 7.05 Å². The lowest BCUT2D eigenvalue weighted by atomic mass is 10.1. The molecule has 0 bridgehead atoms. The predicted octanol–water partition coefficient (Wildman–Crippen LogP) is 0.653. The Morgan fingerprint density at radius 3 is 2.69 bits per heavy atom. The average Bonchev–Trinajstić information content (AvgIpc) is 2.50. The van der Waals surface area contributed by atoms with Crippen molar-refractivity contribution >= 4 is 0 Å². The van der Waals surface area contributed by atoms with Gasteiger partial charge in [0, 0.05) is 18.9 Å². The van der Waals surface area contributed by atoms with Gasteiger partial charge in [-0.25, -0.2) is 8.78 Å². The van der Waals surface area contributed by atoms with Crippen LogP contribution in [0.25, 0.3) is 0 Å². The summed E-state index contributed by atoms with van der Waals surface area (Å²) in [6.45, 7) is -1.24. The Morgan fingerprint density at radius 1 is 1.69 bits per heavy atom. The maximum atomic E-state index is 12.9. The molecule has 1 aromatic rings. The summed E-state index contributed by atoms with van der Waals surface area (Å²) in [7, 11) is 1.63. The monoisotopic (exact) mass is 190 g/mol. The van der Waals surface area contributed by atoms with Crippen LogP contribution in [-0.4, -0.2) is 22.2 Å². The summed E-state index contributed by atoms with van der Waals surface area (Å²) in [4.78, 5) is 0. The number of aromatic nitrogens is 1. The highest BCUT2D eigenvalue weighted by molar-refractivity contribution is 5.13. The molecular formula is C8H12F2N2O. The van der Waals surface area contributed by atoms with Crippen molar-refractivity contribution in [2.24, 2.45) is 12.8 Å². The molecule has 0 aliphatic rings. The molecule has 0 saturated carbocycles. The van der Waals surface area contributed by atoms with E-state index in [1.54, 1.807) is 19.3 Å². The highest BCUT2D eigenvalue weighted by atomic mass is 19.3. The number of rotatable bonds is 3. The third kappa shape index (κ3) is 1.87. The number of hydrogen-bond acceptors (Lipinski definition) is 2. The van der Waals surface area contributed by atoms with Gasteiger partial charge in [-0.1, -0.05) is 0 Å². The molecule has 0 amide bonds. The van der Waals surface area contributed by atoms with Gasteiger partial charge in [-0.2, -0.15) is 0 Å². The lowest BCUT2D eigenvalue weighted by molar-refractivity contribution is -0.0726. The van der Waals surface area contributed by atoms with Gasteiger partial charge < -0.3 is 15.4 Å². The summed E-state index contributed by atoms with van der Waals surface area (Å²) in [6, 6.07) is 1.68. The molecule has 5 heteroatoms. The quantitative estimate of drug-likeness (QED) is 0.735. The number of aliphatic hydroxyl groups is 1. The number of alkyl halides is 2. The Balaban J connectivity index is 2.91. The molecule has 0 radical (unpaired) electrons. The molecular weight excluding hydrogens is 178 g/mol. The van der Waals surface area contributed by atoms with Crippen molar-refractivity contribution < 1.29 is 13.9 Å². The summed E-state index contributed by atoms with van der Waals surface area (Å²) in [6.07, 6.45) is 1.63. The van der Waals surface area contributed by atoms with Crippen molar-refractivity contribution in [1.29, 1.82) is 0 Å². The number of nitrogens with two attached hydrogens (primary N) is 1. The minimum Gasteiger partial charge on any atom is -0.390 e. The van der Waals surface area contributed by atoms with E-state index in [4.69, 9.17) is 10.8 Å². The minimum atomic E-state index is -3.27. The van der Waals surface area contributed by atoms with Crippen molar-refractivity contribution in [3.05, 3.63) is 24.0 Å². The fraction of sp³-hybridized carbons (Fsp3) is 0.500. The smallest absolute Gasteiger partial charge is 0.290 e. The van der Waals surface area contributed by atoms with Gasteiger partial charge >= 0.3 is 0 Å². The Kier molecular flexibility index (Phi) is 2.68. The molecule has 1 rings (SSSR count). The van der Waals surface area contributed by atoms with E-state index in [2.05, 4.69) is 0 Å². The third-order valence-corrected chi connectivity index (χ3v) is 1.97. The van der Waals surface area contributed by atoms with Gasteiger partial charge in [0.25, 0.3) is 5.92 Å². The average molecular weight is 190 g/mol. The molecule has 0 aromatic carbocycles. The molecule has 74 valence electrons. The second-order valence-electron chi connectivity index (χ2n) is 2.94. The van der Waals surface area contributed by atoms with Gasteiger partial charge in [0.2, 0.25) is 0 Å². The number of aliphatic hydroxyl groups excluding tert-OH is 1. The number of aryl methyl sites for hydroxylation is 1. The van der Waals surface area contributed by atoms with Crippen LogP contribution in [0.1, 0.15) is 11.7 Å². The van der Waals surface area contributed by atoms with Gasteiger partial charge in [-0.15, -0.1) is 0 Å². The summed E-state index contributed by atoms with van der Waals surface area (Å²) in [5.74, 6) is -3.27. The van der Waals surface area contributed by atoms with Gasteiger partial charge in [0.05, 0.1) is 0 Å². The van der Waals surface area contributed by atoms with Crippen LogP contribution < -0.4 is 5.73 Å². The summed E-state index contributed by atoms with van der Waals surface area (Å²) in [5.41, 5.74) is 5.60. The molecule has 13 heavy (non-hydrogen) atoms. The van der Waals surface area contributed by atoms with Crippen molar-refractivity contribution in [2.45, 2.75) is 12.0 Å². The van der Waals surface area contributed by atoms with Gasteiger partial charge in [-0.05, 0) is 12.1 Å². The molecule has 3 nitrogen and oxygen atoms in total. The lowest BCUT2D eigenvalue weighted by Gasteiger charge is -2.21. The van der Waals surface area contributed by atoms with Crippen LogP contribution in [0.15, 0.2) is 18.3 Å². The first-order valence-corrected chi connectivity index (χ1v) is 3.84. The lowest BCUT2D eigenvalue weighted by Crippen LogP contribution is -2.37. The normalized spacial score (nSPS) is 14.5. The fourth-order valence-electron chi connectivity index (χ4n) is 1.11. The van der Waals surface area contributed by atoms with Crippen molar-refractivity contribution in [3.63, 3.8) is 0 Å². The zero-order chi connectivity index (χ0) is 10.1. The first-order valence-electron chi connectivity index (χ1n) is 3.84.